The van der Waals surface area contributed by atoms with Gasteiger partial charge in [-0.05, 0) is 49.7 Å². The van der Waals surface area contributed by atoms with E-state index in [9.17, 15) is 9.59 Å². The van der Waals surface area contributed by atoms with Gasteiger partial charge in [-0.1, -0.05) is 0 Å². The largest absolute Gasteiger partial charge is 0.347 e. The molecule has 1 aromatic heterocycles. The van der Waals surface area contributed by atoms with Gasteiger partial charge in [-0.2, -0.15) is 5.10 Å². The van der Waals surface area contributed by atoms with Crippen molar-refractivity contribution in [3.63, 3.8) is 0 Å². The molecule has 0 radical (unpaired) electrons. The highest BCUT2D eigenvalue weighted by atomic mass is 35.5. The van der Waals surface area contributed by atoms with Crippen LogP contribution < -0.4 is 16.0 Å². The number of hydrogen-bond acceptors (Lipinski definition) is 4. The summed E-state index contributed by atoms with van der Waals surface area (Å²) in [6.45, 7) is 0.944. The molecule has 3 rings (SSSR count). The lowest BCUT2D eigenvalue weighted by molar-refractivity contribution is -0.124. The summed E-state index contributed by atoms with van der Waals surface area (Å²) >= 11 is 0. The molecule has 25 heavy (non-hydrogen) atoms. The number of halogens is 1. The minimum absolute atomic E-state index is 0. The van der Waals surface area contributed by atoms with Crippen molar-refractivity contribution < 1.29 is 9.59 Å². The number of aromatic nitrogens is 2. The second-order valence-corrected chi connectivity index (χ2v) is 5.82. The zero-order valence-corrected chi connectivity index (χ0v) is 14.6. The Labute approximate surface area is 152 Å². The van der Waals surface area contributed by atoms with Crippen LogP contribution in [-0.4, -0.2) is 40.7 Å². The predicted octanol–water partition coefficient (Wildman–Crippen LogP) is 1.49. The van der Waals surface area contributed by atoms with E-state index in [2.05, 4.69) is 21.0 Å². The predicted molar refractivity (Wildman–Crippen MR) is 98.1 cm³/mol. The lowest BCUT2D eigenvalue weighted by atomic mass is 10.1. The summed E-state index contributed by atoms with van der Waals surface area (Å²) in [7, 11) is 0. The van der Waals surface area contributed by atoms with Gasteiger partial charge in [-0.15, -0.1) is 12.4 Å². The molecule has 2 amide bonds. The van der Waals surface area contributed by atoms with Crippen molar-refractivity contribution in [2.75, 3.05) is 18.4 Å². The van der Waals surface area contributed by atoms with Gasteiger partial charge in [0.25, 0.3) is 0 Å². The lowest BCUT2D eigenvalue weighted by Gasteiger charge is -2.11. The highest BCUT2D eigenvalue weighted by Crippen LogP contribution is 2.12. The van der Waals surface area contributed by atoms with E-state index in [0.717, 1.165) is 25.1 Å². The van der Waals surface area contributed by atoms with Crippen LogP contribution in [0.3, 0.4) is 0 Å². The normalized spacial score (nSPS) is 16.1. The summed E-state index contributed by atoms with van der Waals surface area (Å²) in [4.78, 5) is 23.7. The molecular weight excluding hydrogens is 342 g/mol. The molecule has 134 valence electrons. The fourth-order valence-electron chi connectivity index (χ4n) is 2.73. The van der Waals surface area contributed by atoms with Crippen LogP contribution in [0.15, 0.2) is 42.7 Å². The van der Waals surface area contributed by atoms with Gasteiger partial charge in [-0.3, -0.25) is 9.59 Å². The molecule has 1 aromatic carbocycles. The van der Waals surface area contributed by atoms with E-state index in [1.807, 2.05) is 24.4 Å². The minimum Gasteiger partial charge on any atom is -0.347 e. The standard InChI is InChI=1S/C17H21N5O2.ClH/c23-16(11-14-3-1-8-18-14)19-12-17(24)21-13-4-6-15(7-5-13)22-10-2-9-20-22;/h2,4-7,9-10,14,18H,1,3,8,11-12H2,(H,19,23)(H,21,24);1H. The number of hydrogen-bond donors (Lipinski definition) is 3. The monoisotopic (exact) mass is 363 g/mol. The molecule has 7 nitrogen and oxygen atoms in total. The second kappa shape index (κ2) is 9.19. The smallest absolute Gasteiger partial charge is 0.243 e. The Morgan fingerprint density at radius 1 is 1.24 bits per heavy atom. The van der Waals surface area contributed by atoms with Crippen LogP contribution in [-0.2, 0) is 9.59 Å². The summed E-state index contributed by atoms with van der Waals surface area (Å²) in [5, 5.41) is 12.8. The Balaban J connectivity index is 0.00000225. The van der Waals surface area contributed by atoms with E-state index in [4.69, 9.17) is 0 Å². The number of carbonyl (C=O) groups excluding carboxylic acids is 2. The molecule has 1 aliphatic rings. The quantitative estimate of drug-likeness (QED) is 0.725. The van der Waals surface area contributed by atoms with Crippen molar-refractivity contribution in [2.24, 2.45) is 0 Å². The van der Waals surface area contributed by atoms with Crippen molar-refractivity contribution in [3.05, 3.63) is 42.7 Å². The van der Waals surface area contributed by atoms with E-state index in [1.54, 1.807) is 23.0 Å². The molecular formula is C17H22ClN5O2. The van der Waals surface area contributed by atoms with Crippen molar-refractivity contribution in [1.29, 1.82) is 0 Å². The third-order valence-electron chi connectivity index (χ3n) is 3.96. The highest BCUT2D eigenvalue weighted by Gasteiger charge is 2.17. The Hall–Kier alpha value is -2.38. The first-order chi connectivity index (χ1) is 11.7. The van der Waals surface area contributed by atoms with E-state index in [1.165, 1.54) is 0 Å². The number of carbonyl (C=O) groups is 2. The number of rotatable bonds is 6. The fourth-order valence-corrected chi connectivity index (χ4v) is 2.73. The van der Waals surface area contributed by atoms with Gasteiger partial charge in [0, 0.05) is 30.5 Å². The molecule has 1 unspecified atom stereocenters. The van der Waals surface area contributed by atoms with Gasteiger partial charge in [0.2, 0.25) is 11.8 Å². The molecule has 0 bridgehead atoms. The van der Waals surface area contributed by atoms with Gasteiger partial charge in [-0.25, -0.2) is 4.68 Å². The molecule has 0 saturated carbocycles. The molecule has 1 aliphatic heterocycles. The first-order valence-corrected chi connectivity index (χ1v) is 8.11. The molecule has 1 fully saturated rings. The van der Waals surface area contributed by atoms with Crippen LogP contribution in [0.4, 0.5) is 5.69 Å². The van der Waals surface area contributed by atoms with Crippen LogP contribution in [0.25, 0.3) is 5.69 Å². The lowest BCUT2D eigenvalue weighted by Crippen LogP contribution is -2.36. The zero-order chi connectivity index (χ0) is 16.8. The molecule has 8 heteroatoms. The number of amides is 2. The van der Waals surface area contributed by atoms with Crippen molar-refractivity contribution in [3.8, 4) is 5.69 Å². The second-order valence-electron chi connectivity index (χ2n) is 5.82. The summed E-state index contributed by atoms with van der Waals surface area (Å²) in [6.07, 6.45) is 6.10. The van der Waals surface area contributed by atoms with E-state index in [0.29, 0.717) is 12.1 Å². The Morgan fingerprint density at radius 3 is 2.68 bits per heavy atom. The van der Waals surface area contributed by atoms with E-state index < -0.39 is 0 Å². The van der Waals surface area contributed by atoms with Crippen LogP contribution in [0, 0.1) is 0 Å². The van der Waals surface area contributed by atoms with Crippen LogP contribution in [0.5, 0.6) is 0 Å². The Morgan fingerprint density at radius 2 is 2.04 bits per heavy atom. The van der Waals surface area contributed by atoms with Gasteiger partial charge < -0.3 is 16.0 Å². The van der Waals surface area contributed by atoms with Crippen LogP contribution in [0.2, 0.25) is 0 Å². The summed E-state index contributed by atoms with van der Waals surface area (Å²) < 4.78 is 1.74. The molecule has 1 saturated heterocycles. The number of benzene rings is 1. The van der Waals surface area contributed by atoms with Crippen molar-refractivity contribution in [1.82, 2.24) is 20.4 Å². The Bertz CT molecular complexity index is 682. The first-order valence-electron chi connectivity index (χ1n) is 8.11. The van der Waals surface area contributed by atoms with Gasteiger partial charge >= 0.3 is 0 Å². The minimum atomic E-state index is -0.241. The van der Waals surface area contributed by atoms with Crippen LogP contribution in [0.1, 0.15) is 19.3 Å². The number of nitrogens with zero attached hydrogens (tertiary/aromatic N) is 2. The van der Waals surface area contributed by atoms with Gasteiger partial charge in [0.15, 0.2) is 0 Å². The zero-order valence-electron chi connectivity index (χ0n) is 13.8. The highest BCUT2D eigenvalue weighted by molar-refractivity contribution is 5.94. The fraction of sp³-hybridized carbons (Fsp3) is 0.353. The average molecular weight is 364 g/mol. The first kappa shape index (κ1) is 19.0. The average Bonchev–Trinajstić information content (AvgIpc) is 3.27. The molecule has 3 N–H and O–H groups in total. The van der Waals surface area contributed by atoms with Crippen LogP contribution >= 0.6 is 12.4 Å². The van der Waals surface area contributed by atoms with Crippen molar-refractivity contribution in [2.45, 2.75) is 25.3 Å². The van der Waals surface area contributed by atoms with Gasteiger partial charge in [0.05, 0.1) is 12.2 Å². The topological polar surface area (TPSA) is 88.0 Å². The maximum Gasteiger partial charge on any atom is 0.243 e. The van der Waals surface area contributed by atoms with E-state index in [-0.39, 0.29) is 36.8 Å². The molecule has 2 aromatic rings. The molecule has 2 heterocycles. The number of nitrogens with one attached hydrogen (secondary N) is 3. The number of anilines is 1. The SMILES string of the molecule is Cl.O=C(CC1CCCN1)NCC(=O)Nc1ccc(-n2cccn2)cc1. The summed E-state index contributed by atoms with van der Waals surface area (Å²) in [6, 6.07) is 9.43. The molecule has 0 aliphatic carbocycles. The summed E-state index contributed by atoms with van der Waals surface area (Å²) in [5.74, 6) is -0.340. The van der Waals surface area contributed by atoms with E-state index >= 15 is 0 Å². The molecule has 1 atom stereocenters. The Kier molecular flexibility index (Phi) is 6.97. The maximum absolute atomic E-state index is 11.9. The third kappa shape index (κ3) is 5.58. The van der Waals surface area contributed by atoms with Crippen molar-refractivity contribution >= 4 is 29.9 Å². The van der Waals surface area contributed by atoms with Gasteiger partial charge in [0.1, 0.15) is 0 Å². The summed E-state index contributed by atoms with van der Waals surface area (Å²) in [5.41, 5.74) is 1.60. The third-order valence-corrected chi connectivity index (χ3v) is 3.96. The molecule has 0 spiro atoms. The maximum atomic E-state index is 11.9.